The lowest BCUT2D eigenvalue weighted by Crippen LogP contribution is -2.32. The summed E-state index contributed by atoms with van der Waals surface area (Å²) in [6.45, 7) is 5.79. The van der Waals surface area contributed by atoms with Crippen molar-refractivity contribution in [1.82, 2.24) is 10.2 Å². The van der Waals surface area contributed by atoms with Crippen LogP contribution in [0.3, 0.4) is 0 Å². The van der Waals surface area contributed by atoms with E-state index in [1.54, 1.807) is 0 Å². The van der Waals surface area contributed by atoms with E-state index in [2.05, 4.69) is 35.3 Å². The lowest BCUT2D eigenvalue weighted by Gasteiger charge is -2.22. The van der Waals surface area contributed by atoms with Crippen LogP contribution < -0.4 is 5.32 Å². The molecule has 1 saturated heterocycles. The third-order valence-electron chi connectivity index (χ3n) is 4.64. The van der Waals surface area contributed by atoms with Gasteiger partial charge < -0.3 is 14.6 Å². The number of furan rings is 1. The highest BCUT2D eigenvalue weighted by molar-refractivity contribution is 5.77. The summed E-state index contributed by atoms with van der Waals surface area (Å²) in [5.41, 5.74) is 0.984. The number of likely N-dealkylation sites (N-methyl/N-ethyl adjacent to an activating group) is 1. The quantitative estimate of drug-likeness (QED) is 0.875. The van der Waals surface area contributed by atoms with Gasteiger partial charge in [0, 0.05) is 18.5 Å². The van der Waals surface area contributed by atoms with Gasteiger partial charge in [-0.2, -0.15) is 0 Å². The molecule has 114 valence electrons. The van der Waals surface area contributed by atoms with Crippen molar-refractivity contribution in [2.75, 3.05) is 26.7 Å². The summed E-state index contributed by atoms with van der Waals surface area (Å²) in [6, 6.07) is 10.7. The molecule has 2 heterocycles. The van der Waals surface area contributed by atoms with Crippen molar-refractivity contribution < 1.29 is 4.42 Å². The fourth-order valence-electron chi connectivity index (χ4n) is 3.48. The van der Waals surface area contributed by atoms with Gasteiger partial charge in [-0.3, -0.25) is 0 Å². The predicted molar refractivity (Wildman–Crippen MR) is 87.5 cm³/mol. The van der Waals surface area contributed by atoms with Crippen LogP contribution in [0.5, 0.6) is 0 Å². The fraction of sp³-hybridized carbons (Fsp3) is 0.556. The fourth-order valence-corrected chi connectivity index (χ4v) is 3.48. The van der Waals surface area contributed by atoms with Gasteiger partial charge in [-0.25, -0.2) is 0 Å². The molecule has 3 rings (SSSR count). The second-order valence-electron chi connectivity index (χ2n) is 6.23. The molecule has 21 heavy (non-hydrogen) atoms. The van der Waals surface area contributed by atoms with Crippen LogP contribution in [0.4, 0.5) is 0 Å². The Morgan fingerprint density at radius 2 is 2.24 bits per heavy atom. The van der Waals surface area contributed by atoms with Crippen molar-refractivity contribution >= 4 is 11.0 Å². The van der Waals surface area contributed by atoms with Crippen LogP contribution in [0.15, 0.2) is 34.7 Å². The van der Waals surface area contributed by atoms with Gasteiger partial charge in [0.2, 0.25) is 0 Å². The number of nitrogens with zero attached hydrogens (tertiary/aromatic N) is 1. The maximum Gasteiger partial charge on any atom is 0.134 e. The largest absolute Gasteiger partial charge is 0.459 e. The molecular formula is C18H26N2O. The Hall–Kier alpha value is -1.32. The zero-order valence-electron chi connectivity index (χ0n) is 13.1. The topological polar surface area (TPSA) is 28.4 Å². The molecule has 3 heteroatoms. The molecule has 3 nitrogen and oxygen atoms in total. The van der Waals surface area contributed by atoms with Gasteiger partial charge in [-0.1, -0.05) is 31.5 Å². The molecule has 1 aromatic heterocycles. The SMILES string of the molecule is CCCC1CCN(CC(NC)c2cc3ccccc3o2)C1. The van der Waals surface area contributed by atoms with Crippen LogP contribution in [0, 0.1) is 5.92 Å². The summed E-state index contributed by atoms with van der Waals surface area (Å²) < 4.78 is 6.02. The molecule has 0 radical (unpaired) electrons. The van der Waals surface area contributed by atoms with E-state index in [0.717, 1.165) is 23.8 Å². The number of benzene rings is 1. The maximum absolute atomic E-state index is 6.02. The molecule has 1 N–H and O–H groups in total. The number of hydrogen-bond acceptors (Lipinski definition) is 3. The third kappa shape index (κ3) is 3.30. The summed E-state index contributed by atoms with van der Waals surface area (Å²) >= 11 is 0. The number of rotatable bonds is 6. The predicted octanol–water partition coefficient (Wildman–Crippen LogP) is 3.82. The van der Waals surface area contributed by atoms with Gasteiger partial charge in [0.1, 0.15) is 11.3 Å². The molecule has 2 unspecified atom stereocenters. The Kier molecular flexibility index (Phi) is 4.61. The van der Waals surface area contributed by atoms with Crippen molar-refractivity contribution in [2.45, 2.75) is 32.2 Å². The Balaban J connectivity index is 1.67. The summed E-state index contributed by atoms with van der Waals surface area (Å²) in [7, 11) is 2.03. The van der Waals surface area contributed by atoms with Gasteiger partial charge >= 0.3 is 0 Å². The van der Waals surface area contributed by atoms with Crippen molar-refractivity contribution in [3.05, 3.63) is 36.1 Å². The summed E-state index contributed by atoms with van der Waals surface area (Å²) in [6.07, 6.45) is 4.02. The first-order valence-corrected chi connectivity index (χ1v) is 8.18. The van der Waals surface area contributed by atoms with Crippen LogP contribution in [0.25, 0.3) is 11.0 Å². The Morgan fingerprint density at radius 3 is 3.00 bits per heavy atom. The molecule has 2 atom stereocenters. The minimum absolute atomic E-state index is 0.276. The molecule has 2 aromatic rings. The van der Waals surface area contributed by atoms with Crippen molar-refractivity contribution in [3.8, 4) is 0 Å². The molecule has 0 saturated carbocycles. The van der Waals surface area contributed by atoms with E-state index >= 15 is 0 Å². The van der Waals surface area contributed by atoms with Gasteiger partial charge in [0.15, 0.2) is 0 Å². The van der Waals surface area contributed by atoms with E-state index in [-0.39, 0.29) is 6.04 Å². The lowest BCUT2D eigenvalue weighted by molar-refractivity contribution is 0.270. The second-order valence-corrected chi connectivity index (χ2v) is 6.23. The molecule has 1 aliphatic heterocycles. The first-order valence-electron chi connectivity index (χ1n) is 8.18. The summed E-state index contributed by atoms with van der Waals surface area (Å²) in [5, 5.41) is 4.61. The molecule has 1 aromatic carbocycles. The van der Waals surface area contributed by atoms with Crippen LogP contribution >= 0.6 is 0 Å². The average molecular weight is 286 g/mol. The maximum atomic E-state index is 6.02. The molecule has 0 bridgehead atoms. The van der Waals surface area contributed by atoms with Gasteiger partial charge in [0.25, 0.3) is 0 Å². The van der Waals surface area contributed by atoms with E-state index < -0.39 is 0 Å². The molecule has 0 spiro atoms. The Labute approximate surface area is 127 Å². The zero-order valence-corrected chi connectivity index (χ0v) is 13.1. The molecule has 0 amide bonds. The molecular weight excluding hydrogens is 260 g/mol. The number of fused-ring (bicyclic) bond motifs is 1. The molecule has 1 aliphatic rings. The Morgan fingerprint density at radius 1 is 1.38 bits per heavy atom. The van der Waals surface area contributed by atoms with Crippen molar-refractivity contribution in [2.24, 2.45) is 5.92 Å². The normalized spacial score (nSPS) is 21.1. The average Bonchev–Trinajstić information content (AvgIpc) is 3.11. The van der Waals surface area contributed by atoms with Crippen LogP contribution in [-0.2, 0) is 0 Å². The minimum atomic E-state index is 0.276. The van der Waals surface area contributed by atoms with Crippen LogP contribution in [0.2, 0.25) is 0 Å². The standard InChI is InChI=1S/C18H26N2O/c1-3-6-14-9-10-20(12-14)13-16(19-2)18-11-15-7-4-5-8-17(15)21-18/h4-5,7-8,11,14,16,19H,3,6,9-10,12-13H2,1-2H3. The van der Waals surface area contributed by atoms with Gasteiger partial charge in [-0.15, -0.1) is 0 Å². The van der Waals surface area contributed by atoms with Gasteiger partial charge in [0.05, 0.1) is 6.04 Å². The Bertz CT molecular complexity index is 544. The number of nitrogens with one attached hydrogen (secondary N) is 1. The van der Waals surface area contributed by atoms with Crippen molar-refractivity contribution in [1.29, 1.82) is 0 Å². The van der Waals surface area contributed by atoms with E-state index in [1.165, 1.54) is 37.7 Å². The van der Waals surface area contributed by atoms with Gasteiger partial charge in [-0.05, 0) is 44.5 Å². The van der Waals surface area contributed by atoms with Crippen LogP contribution in [-0.4, -0.2) is 31.6 Å². The highest BCUT2D eigenvalue weighted by Crippen LogP contribution is 2.27. The summed E-state index contributed by atoms with van der Waals surface area (Å²) in [5.74, 6) is 1.95. The first-order chi connectivity index (χ1) is 10.3. The number of hydrogen-bond donors (Lipinski definition) is 1. The third-order valence-corrected chi connectivity index (χ3v) is 4.64. The van der Waals surface area contributed by atoms with E-state index in [4.69, 9.17) is 4.42 Å². The summed E-state index contributed by atoms with van der Waals surface area (Å²) in [4.78, 5) is 2.58. The first kappa shape index (κ1) is 14.6. The van der Waals surface area contributed by atoms with E-state index in [1.807, 2.05) is 19.2 Å². The number of para-hydroxylation sites is 1. The lowest BCUT2D eigenvalue weighted by atomic mass is 10.0. The molecule has 1 fully saturated rings. The monoisotopic (exact) mass is 286 g/mol. The van der Waals surface area contributed by atoms with E-state index in [0.29, 0.717) is 0 Å². The number of likely N-dealkylation sites (tertiary alicyclic amines) is 1. The zero-order chi connectivity index (χ0) is 14.7. The molecule has 0 aliphatic carbocycles. The highest BCUT2D eigenvalue weighted by Gasteiger charge is 2.25. The van der Waals surface area contributed by atoms with Crippen molar-refractivity contribution in [3.63, 3.8) is 0 Å². The minimum Gasteiger partial charge on any atom is -0.459 e. The smallest absolute Gasteiger partial charge is 0.134 e. The highest BCUT2D eigenvalue weighted by atomic mass is 16.3. The van der Waals surface area contributed by atoms with Crippen LogP contribution in [0.1, 0.15) is 38.0 Å². The van der Waals surface area contributed by atoms with E-state index in [9.17, 15) is 0 Å². The second kappa shape index (κ2) is 6.63.